The van der Waals surface area contributed by atoms with E-state index in [1.807, 2.05) is 6.07 Å². The number of nitrogen functional groups attached to an aromatic ring is 1. The zero-order valence-electron chi connectivity index (χ0n) is 8.40. The van der Waals surface area contributed by atoms with Crippen molar-refractivity contribution in [2.24, 2.45) is 5.73 Å². The highest BCUT2D eigenvalue weighted by Crippen LogP contribution is 2.14. The van der Waals surface area contributed by atoms with Gasteiger partial charge in [0.2, 0.25) is 0 Å². The second-order valence-electron chi connectivity index (χ2n) is 3.29. The number of pyridine rings is 1. The Morgan fingerprint density at radius 1 is 1.47 bits per heavy atom. The molecule has 1 atom stereocenters. The molecule has 2 aromatic heterocycles. The Bertz CT molecular complexity index is 466. The van der Waals surface area contributed by atoms with Gasteiger partial charge in [-0.3, -0.25) is 0 Å². The minimum absolute atomic E-state index is 0.273. The van der Waals surface area contributed by atoms with E-state index in [0.717, 1.165) is 5.52 Å². The van der Waals surface area contributed by atoms with Crippen LogP contribution >= 0.6 is 0 Å². The van der Waals surface area contributed by atoms with Gasteiger partial charge < -0.3 is 21.2 Å². The van der Waals surface area contributed by atoms with Crippen LogP contribution in [-0.2, 0) is 4.74 Å². The second-order valence-corrected chi connectivity index (χ2v) is 3.29. The third-order valence-electron chi connectivity index (χ3n) is 2.08. The summed E-state index contributed by atoms with van der Waals surface area (Å²) < 4.78 is 4.95. The highest BCUT2D eigenvalue weighted by molar-refractivity contribution is 5.72. The maximum absolute atomic E-state index is 5.83. The van der Waals surface area contributed by atoms with E-state index >= 15 is 0 Å². The van der Waals surface area contributed by atoms with Crippen molar-refractivity contribution in [3.8, 4) is 0 Å². The standard InChI is InChI=1S/C9H13N5O/c1-15-4-5(10)8-12-6-2-3-7(11)13-9(6)14-8/h2-3,5H,4,10H2,1H3,(H3,11,12,13,14). The lowest BCUT2D eigenvalue weighted by atomic mass is 10.3. The lowest BCUT2D eigenvalue weighted by molar-refractivity contribution is 0.178. The molecule has 15 heavy (non-hydrogen) atoms. The number of rotatable bonds is 3. The molecule has 2 rings (SSSR count). The number of aromatic amines is 1. The topological polar surface area (TPSA) is 103 Å². The van der Waals surface area contributed by atoms with E-state index in [1.54, 1.807) is 13.2 Å². The number of aromatic nitrogens is 3. The number of nitrogens with two attached hydrogens (primary N) is 2. The molecular weight excluding hydrogens is 194 g/mol. The molecule has 2 heterocycles. The molecule has 6 heteroatoms. The molecule has 0 amide bonds. The van der Waals surface area contributed by atoms with Crippen molar-refractivity contribution in [3.05, 3.63) is 18.0 Å². The molecule has 0 aliphatic carbocycles. The van der Waals surface area contributed by atoms with Crippen LogP contribution in [0.4, 0.5) is 5.82 Å². The Kier molecular flexibility index (Phi) is 2.53. The molecule has 0 radical (unpaired) electrons. The van der Waals surface area contributed by atoms with Crippen molar-refractivity contribution in [1.29, 1.82) is 0 Å². The molecule has 0 bridgehead atoms. The molecule has 6 nitrogen and oxygen atoms in total. The van der Waals surface area contributed by atoms with Crippen LogP contribution in [0.3, 0.4) is 0 Å². The first kappa shape index (κ1) is 9.88. The molecule has 0 saturated heterocycles. The van der Waals surface area contributed by atoms with Crippen molar-refractivity contribution >= 4 is 17.0 Å². The number of methoxy groups -OCH3 is 1. The van der Waals surface area contributed by atoms with Crippen LogP contribution in [0.2, 0.25) is 0 Å². The van der Waals surface area contributed by atoms with E-state index in [9.17, 15) is 0 Å². The quantitative estimate of drug-likeness (QED) is 0.666. The van der Waals surface area contributed by atoms with Crippen molar-refractivity contribution in [3.63, 3.8) is 0 Å². The number of fused-ring (bicyclic) bond motifs is 1. The van der Waals surface area contributed by atoms with E-state index in [0.29, 0.717) is 23.9 Å². The van der Waals surface area contributed by atoms with Gasteiger partial charge in [0.15, 0.2) is 5.65 Å². The number of hydrogen-bond acceptors (Lipinski definition) is 5. The van der Waals surface area contributed by atoms with Gasteiger partial charge in [0.1, 0.15) is 11.6 Å². The fourth-order valence-electron chi connectivity index (χ4n) is 1.36. The van der Waals surface area contributed by atoms with E-state index in [2.05, 4.69) is 15.0 Å². The van der Waals surface area contributed by atoms with Crippen LogP contribution in [0.25, 0.3) is 11.2 Å². The average molecular weight is 207 g/mol. The Hall–Kier alpha value is -1.66. The maximum atomic E-state index is 5.83. The average Bonchev–Trinajstić information content (AvgIpc) is 2.60. The zero-order valence-corrected chi connectivity index (χ0v) is 8.40. The third-order valence-corrected chi connectivity index (χ3v) is 2.08. The van der Waals surface area contributed by atoms with E-state index in [-0.39, 0.29) is 6.04 Å². The van der Waals surface area contributed by atoms with Gasteiger partial charge in [0, 0.05) is 7.11 Å². The lowest BCUT2D eigenvalue weighted by Crippen LogP contribution is -2.17. The molecule has 0 aliphatic rings. The van der Waals surface area contributed by atoms with Crippen LogP contribution in [-0.4, -0.2) is 28.7 Å². The first-order valence-corrected chi connectivity index (χ1v) is 4.57. The molecule has 0 aliphatic heterocycles. The van der Waals surface area contributed by atoms with Crippen molar-refractivity contribution in [1.82, 2.24) is 15.0 Å². The SMILES string of the molecule is COCC(N)c1nc2nc(N)ccc2[nH]1. The molecule has 0 saturated carbocycles. The van der Waals surface area contributed by atoms with Gasteiger partial charge in [-0.05, 0) is 12.1 Å². The van der Waals surface area contributed by atoms with Crippen LogP contribution in [0.5, 0.6) is 0 Å². The summed E-state index contributed by atoms with van der Waals surface area (Å²) >= 11 is 0. The largest absolute Gasteiger partial charge is 0.384 e. The number of imidazole rings is 1. The predicted molar refractivity (Wildman–Crippen MR) is 57.1 cm³/mol. The Morgan fingerprint density at radius 2 is 2.27 bits per heavy atom. The molecular formula is C9H13N5O. The monoisotopic (exact) mass is 207 g/mol. The van der Waals surface area contributed by atoms with Crippen LogP contribution in [0.15, 0.2) is 12.1 Å². The normalized spacial score (nSPS) is 13.2. The lowest BCUT2D eigenvalue weighted by Gasteiger charge is -2.05. The fourth-order valence-corrected chi connectivity index (χ4v) is 1.36. The van der Waals surface area contributed by atoms with Crippen molar-refractivity contribution in [2.75, 3.05) is 19.5 Å². The Labute approximate surface area is 86.6 Å². The fraction of sp³-hybridized carbons (Fsp3) is 0.333. The highest BCUT2D eigenvalue weighted by Gasteiger charge is 2.11. The summed E-state index contributed by atoms with van der Waals surface area (Å²) in [6.45, 7) is 0.412. The van der Waals surface area contributed by atoms with Crippen LogP contribution in [0, 0.1) is 0 Å². The third kappa shape index (κ3) is 1.90. The van der Waals surface area contributed by atoms with Crippen molar-refractivity contribution < 1.29 is 4.74 Å². The number of H-pyrrole nitrogens is 1. The summed E-state index contributed by atoms with van der Waals surface area (Å²) in [5.41, 5.74) is 12.8. The molecule has 0 spiro atoms. The zero-order chi connectivity index (χ0) is 10.8. The van der Waals surface area contributed by atoms with Crippen LogP contribution in [0.1, 0.15) is 11.9 Å². The van der Waals surface area contributed by atoms with E-state index in [4.69, 9.17) is 16.2 Å². The van der Waals surface area contributed by atoms with Gasteiger partial charge >= 0.3 is 0 Å². The molecule has 0 fully saturated rings. The van der Waals surface area contributed by atoms with Crippen LogP contribution < -0.4 is 11.5 Å². The molecule has 1 unspecified atom stereocenters. The van der Waals surface area contributed by atoms with Crippen molar-refractivity contribution in [2.45, 2.75) is 6.04 Å². The summed E-state index contributed by atoms with van der Waals surface area (Å²) in [5.74, 6) is 1.10. The summed E-state index contributed by atoms with van der Waals surface area (Å²) in [6, 6.07) is 3.27. The van der Waals surface area contributed by atoms with Gasteiger partial charge in [-0.15, -0.1) is 0 Å². The first-order valence-electron chi connectivity index (χ1n) is 4.57. The molecule has 5 N–H and O–H groups in total. The number of ether oxygens (including phenoxy) is 1. The smallest absolute Gasteiger partial charge is 0.179 e. The second kappa shape index (κ2) is 3.84. The number of hydrogen-bond donors (Lipinski definition) is 3. The Morgan fingerprint density at radius 3 is 3.00 bits per heavy atom. The number of nitrogens with zero attached hydrogens (tertiary/aromatic N) is 2. The molecule has 0 aromatic carbocycles. The van der Waals surface area contributed by atoms with Gasteiger partial charge in [-0.25, -0.2) is 9.97 Å². The maximum Gasteiger partial charge on any atom is 0.179 e. The minimum atomic E-state index is -0.273. The van der Waals surface area contributed by atoms with Gasteiger partial charge in [-0.1, -0.05) is 0 Å². The van der Waals surface area contributed by atoms with Gasteiger partial charge in [0.05, 0.1) is 18.2 Å². The summed E-state index contributed by atoms with van der Waals surface area (Å²) in [6.07, 6.45) is 0. The summed E-state index contributed by atoms with van der Waals surface area (Å²) in [7, 11) is 1.60. The molecule has 80 valence electrons. The van der Waals surface area contributed by atoms with E-state index in [1.165, 1.54) is 0 Å². The minimum Gasteiger partial charge on any atom is -0.384 e. The highest BCUT2D eigenvalue weighted by atomic mass is 16.5. The van der Waals surface area contributed by atoms with Gasteiger partial charge in [-0.2, -0.15) is 0 Å². The summed E-state index contributed by atoms with van der Waals surface area (Å²) in [4.78, 5) is 11.4. The molecule has 2 aromatic rings. The summed E-state index contributed by atoms with van der Waals surface area (Å²) in [5, 5.41) is 0. The van der Waals surface area contributed by atoms with E-state index < -0.39 is 0 Å². The number of anilines is 1. The number of nitrogens with one attached hydrogen (secondary N) is 1. The van der Waals surface area contributed by atoms with Gasteiger partial charge in [0.25, 0.3) is 0 Å². The first-order chi connectivity index (χ1) is 7.20. The predicted octanol–water partition coefficient (Wildman–Crippen LogP) is 0.186. The Balaban J connectivity index is 2.38.